The van der Waals surface area contributed by atoms with Crippen molar-refractivity contribution in [3.8, 4) is 5.75 Å². The second-order valence-corrected chi connectivity index (χ2v) is 3.63. The third-order valence-electron chi connectivity index (χ3n) is 2.36. The fraction of sp³-hybridized carbons (Fsp3) is 0.417. The van der Waals surface area contributed by atoms with Crippen molar-refractivity contribution < 1.29 is 18.7 Å². The van der Waals surface area contributed by atoms with E-state index in [1.54, 1.807) is 24.3 Å². The fourth-order valence-corrected chi connectivity index (χ4v) is 1.47. The molecular formula is C12H14FN3O3. The van der Waals surface area contributed by atoms with E-state index in [1.807, 2.05) is 0 Å². The van der Waals surface area contributed by atoms with Crippen LogP contribution in [0.3, 0.4) is 0 Å². The maximum absolute atomic E-state index is 11.9. The van der Waals surface area contributed by atoms with Crippen molar-refractivity contribution in [2.24, 2.45) is 5.11 Å². The Bertz CT molecular complexity index is 458. The van der Waals surface area contributed by atoms with E-state index in [-0.39, 0.29) is 13.0 Å². The van der Waals surface area contributed by atoms with Gasteiger partial charge < -0.3 is 9.47 Å². The van der Waals surface area contributed by atoms with Crippen molar-refractivity contribution in [2.75, 3.05) is 20.4 Å². The third-order valence-corrected chi connectivity index (χ3v) is 2.36. The molecule has 0 fully saturated rings. The first-order valence-electron chi connectivity index (χ1n) is 5.61. The van der Waals surface area contributed by atoms with Crippen molar-refractivity contribution >= 4 is 5.97 Å². The standard InChI is InChI=1S/C12H14FN3O3/c1-18-12(17)11(15-16-14)8-9-2-4-10(5-3-9)19-7-6-13/h2-5,11H,6-8H2,1H3. The van der Waals surface area contributed by atoms with Crippen LogP contribution in [0.5, 0.6) is 5.75 Å². The van der Waals surface area contributed by atoms with Gasteiger partial charge in [0, 0.05) is 4.91 Å². The first kappa shape index (κ1) is 14.8. The molecule has 102 valence electrons. The zero-order valence-corrected chi connectivity index (χ0v) is 10.5. The maximum Gasteiger partial charge on any atom is 0.314 e. The lowest BCUT2D eigenvalue weighted by Crippen LogP contribution is -2.22. The number of carbonyl (C=O) groups is 1. The molecule has 0 radical (unpaired) electrons. The molecule has 0 aliphatic carbocycles. The minimum atomic E-state index is -0.896. The van der Waals surface area contributed by atoms with Gasteiger partial charge in [0.05, 0.1) is 7.11 Å². The summed E-state index contributed by atoms with van der Waals surface area (Å²) in [4.78, 5) is 14.0. The number of halogens is 1. The number of rotatable bonds is 7. The number of esters is 1. The topological polar surface area (TPSA) is 84.3 Å². The van der Waals surface area contributed by atoms with Gasteiger partial charge in [-0.15, -0.1) is 0 Å². The molecule has 1 aromatic rings. The Hall–Kier alpha value is -2.27. The molecule has 1 unspecified atom stereocenters. The van der Waals surface area contributed by atoms with Crippen LogP contribution < -0.4 is 4.74 Å². The highest BCUT2D eigenvalue weighted by Gasteiger charge is 2.17. The first-order chi connectivity index (χ1) is 9.21. The summed E-state index contributed by atoms with van der Waals surface area (Å²) in [5, 5.41) is 3.39. The summed E-state index contributed by atoms with van der Waals surface area (Å²) in [5.74, 6) is -0.0460. The summed E-state index contributed by atoms with van der Waals surface area (Å²) in [6, 6.07) is 5.87. The second kappa shape index (κ2) is 7.94. The van der Waals surface area contributed by atoms with Crippen LogP contribution in [-0.2, 0) is 16.0 Å². The molecule has 1 atom stereocenters. The molecule has 6 nitrogen and oxygen atoms in total. The van der Waals surface area contributed by atoms with Crippen LogP contribution in [0.4, 0.5) is 4.39 Å². The molecule has 0 amide bonds. The summed E-state index contributed by atoms with van der Waals surface area (Å²) in [6.45, 7) is -0.550. The van der Waals surface area contributed by atoms with Crippen molar-refractivity contribution in [1.29, 1.82) is 0 Å². The molecule has 1 aromatic carbocycles. The summed E-state index contributed by atoms with van der Waals surface area (Å²) < 4.78 is 21.5. The van der Waals surface area contributed by atoms with Crippen LogP contribution in [0.15, 0.2) is 29.4 Å². The molecule has 1 rings (SSSR count). The predicted molar refractivity (Wildman–Crippen MR) is 66.6 cm³/mol. The number of ether oxygens (including phenoxy) is 2. The van der Waals surface area contributed by atoms with E-state index in [1.165, 1.54) is 7.11 Å². The van der Waals surface area contributed by atoms with Crippen molar-refractivity contribution in [1.82, 2.24) is 0 Å². The largest absolute Gasteiger partial charge is 0.491 e. The molecule has 0 aromatic heterocycles. The number of nitrogens with zero attached hydrogens (tertiary/aromatic N) is 3. The molecule has 0 aliphatic rings. The van der Waals surface area contributed by atoms with Crippen LogP contribution in [0, 0.1) is 0 Å². The number of azide groups is 1. The van der Waals surface area contributed by atoms with Crippen molar-refractivity contribution in [3.63, 3.8) is 0 Å². The van der Waals surface area contributed by atoms with E-state index in [4.69, 9.17) is 10.3 Å². The molecule has 0 spiro atoms. The van der Waals surface area contributed by atoms with Crippen LogP contribution >= 0.6 is 0 Å². The SMILES string of the molecule is COC(=O)C(Cc1ccc(OCCF)cc1)N=[N+]=[N-]. The smallest absolute Gasteiger partial charge is 0.314 e. The number of hydrogen-bond donors (Lipinski definition) is 0. The summed E-state index contributed by atoms with van der Waals surface area (Å²) in [6.07, 6.45) is 0.236. The highest BCUT2D eigenvalue weighted by Crippen LogP contribution is 2.15. The zero-order chi connectivity index (χ0) is 14.1. The Kier molecular flexibility index (Phi) is 6.18. The minimum absolute atomic E-state index is 0.00284. The van der Waals surface area contributed by atoms with Gasteiger partial charge in [0.1, 0.15) is 25.1 Å². The van der Waals surface area contributed by atoms with Gasteiger partial charge >= 0.3 is 5.97 Å². The Morgan fingerprint density at radius 1 is 1.47 bits per heavy atom. The first-order valence-corrected chi connectivity index (χ1v) is 5.61. The van der Waals surface area contributed by atoms with E-state index < -0.39 is 18.7 Å². The van der Waals surface area contributed by atoms with Gasteiger partial charge in [0.25, 0.3) is 0 Å². The van der Waals surface area contributed by atoms with Crippen molar-refractivity contribution in [3.05, 3.63) is 40.3 Å². The van der Waals surface area contributed by atoms with E-state index >= 15 is 0 Å². The van der Waals surface area contributed by atoms with Crippen molar-refractivity contribution in [2.45, 2.75) is 12.5 Å². The summed E-state index contributed by atoms with van der Waals surface area (Å²) in [5.41, 5.74) is 9.18. The molecule has 0 saturated carbocycles. The van der Waals surface area contributed by atoms with E-state index in [2.05, 4.69) is 14.8 Å². The van der Waals surface area contributed by atoms with Gasteiger partial charge in [-0.25, -0.2) is 4.39 Å². The third kappa shape index (κ3) is 4.85. The van der Waals surface area contributed by atoms with Gasteiger partial charge in [-0.1, -0.05) is 17.2 Å². The van der Waals surface area contributed by atoms with Gasteiger partial charge in [-0.2, -0.15) is 0 Å². The van der Waals surface area contributed by atoms with Crippen LogP contribution in [0.25, 0.3) is 10.4 Å². The predicted octanol–water partition coefficient (Wildman–Crippen LogP) is 2.43. The zero-order valence-electron chi connectivity index (χ0n) is 10.5. The Balaban J connectivity index is 2.69. The Morgan fingerprint density at radius 3 is 2.68 bits per heavy atom. The van der Waals surface area contributed by atoms with E-state index in [0.29, 0.717) is 5.75 Å². The number of alkyl halides is 1. The number of methoxy groups -OCH3 is 1. The van der Waals surface area contributed by atoms with Gasteiger partial charge in [-0.05, 0) is 29.6 Å². The molecule has 19 heavy (non-hydrogen) atoms. The normalized spacial score (nSPS) is 11.3. The Morgan fingerprint density at radius 2 is 2.16 bits per heavy atom. The maximum atomic E-state index is 11.9. The van der Waals surface area contributed by atoms with Crippen LogP contribution in [0.1, 0.15) is 5.56 Å². The highest BCUT2D eigenvalue weighted by molar-refractivity contribution is 5.76. The number of hydrogen-bond acceptors (Lipinski definition) is 4. The van der Waals surface area contributed by atoms with E-state index in [9.17, 15) is 9.18 Å². The quantitative estimate of drug-likeness (QED) is 0.329. The Labute approximate surface area is 109 Å². The van der Waals surface area contributed by atoms with Gasteiger partial charge in [-0.3, -0.25) is 4.79 Å². The summed E-state index contributed by atoms with van der Waals surface area (Å²) >= 11 is 0. The molecule has 7 heteroatoms. The minimum Gasteiger partial charge on any atom is -0.491 e. The number of benzene rings is 1. The van der Waals surface area contributed by atoms with Crippen LogP contribution in [-0.4, -0.2) is 32.4 Å². The lowest BCUT2D eigenvalue weighted by molar-refractivity contribution is -0.142. The highest BCUT2D eigenvalue weighted by atomic mass is 19.1. The lowest BCUT2D eigenvalue weighted by Gasteiger charge is -2.09. The monoisotopic (exact) mass is 267 g/mol. The molecule has 0 bridgehead atoms. The fourth-order valence-electron chi connectivity index (χ4n) is 1.47. The van der Waals surface area contributed by atoms with Crippen LogP contribution in [0.2, 0.25) is 0 Å². The average molecular weight is 267 g/mol. The number of carbonyl (C=O) groups excluding carboxylic acids is 1. The molecule has 0 N–H and O–H groups in total. The average Bonchev–Trinajstić information content (AvgIpc) is 2.45. The second-order valence-electron chi connectivity index (χ2n) is 3.63. The van der Waals surface area contributed by atoms with Gasteiger partial charge in [0.15, 0.2) is 0 Å². The summed E-state index contributed by atoms with van der Waals surface area (Å²) in [7, 11) is 1.23. The molecule has 0 saturated heterocycles. The van der Waals surface area contributed by atoms with E-state index in [0.717, 1.165) is 5.56 Å². The molecular weight excluding hydrogens is 253 g/mol. The molecule has 0 heterocycles. The van der Waals surface area contributed by atoms with Gasteiger partial charge in [0.2, 0.25) is 0 Å². The lowest BCUT2D eigenvalue weighted by atomic mass is 10.1. The molecule has 0 aliphatic heterocycles.